The average Bonchev–Trinajstić information content (AvgIpc) is 2.99. The van der Waals surface area contributed by atoms with Gasteiger partial charge in [0.2, 0.25) is 0 Å². The van der Waals surface area contributed by atoms with Crippen LogP contribution in [0.4, 0.5) is 0 Å². The van der Waals surface area contributed by atoms with E-state index in [1.807, 2.05) is 35.1 Å². The number of aliphatic hydroxyl groups is 1. The van der Waals surface area contributed by atoms with E-state index in [0.717, 1.165) is 38.3 Å². The number of halogens is 1. The molecule has 23 heavy (non-hydrogen) atoms. The molecule has 5 nitrogen and oxygen atoms in total. The molecule has 124 valence electrons. The van der Waals surface area contributed by atoms with E-state index in [1.54, 1.807) is 0 Å². The van der Waals surface area contributed by atoms with Crippen molar-refractivity contribution in [2.75, 3.05) is 33.3 Å². The van der Waals surface area contributed by atoms with Crippen molar-refractivity contribution in [1.82, 2.24) is 19.6 Å². The smallest absolute Gasteiger partial charge is 0.0660 e. The van der Waals surface area contributed by atoms with Crippen molar-refractivity contribution in [1.29, 1.82) is 0 Å². The summed E-state index contributed by atoms with van der Waals surface area (Å²) in [7, 11) is 2.13. The van der Waals surface area contributed by atoms with E-state index in [-0.39, 0.29) is 6.61 Å². The molecule has 1 fully saturated rings. The number of hydrogen-bond donors (Lipinski definition) is 1. The van der Waals surface area contributed by atoms with Crippen molar-refractivity contribution >= 4 is 11.6 Å². The van der Waals surface area contributed by atoms with Gasteiger partial charge in [-0.3, -0.25) is 4.90 Å². The van der Waals surface area contributed by atoms with Crippen molar-refractivity contribution in [3.05, 3.63) is 47.2 Å². The third-order valence-corrected chi connectivity index (χ3v) is 4.67. The van der Waals surface area contributed by atoms with E-state index in [1.165, 1.54) is 5.56 Å². The van der Waals surface area contributed by atoms with Crippen LogP contribution in [-0.2, 0) is 6.54 Å². The van der Waals surface area contributed by atoms with Crippen molar-refractivity contribution in [3.8, 4) is 5.69 Å². The second-order valence-corrected chi connectivity index (χ2v) is 6.59. The highest BCUT2D eigenvalue weighted by atomic mass is 35.5. The van der Waals surface area contributed by atoms with Gasteiger partial charge in [-0.15, -0.1) is 0 Å². The Hall–Kier alpha value is -1.40. The third kappa shape index (κ3) is 4.12. The van der Waals surface area contributed by atoms with Gasteiger partial charge in [-0.2, -0.15) is 5.10 Å². The zero-order valence-electron chi connectivity index (χ0n) is 13.4. The molecular weight excluding hydrogens is 312 g/mol. The van der Waals surface area contributed by atoms with Gasteiger partial charge in [0.25, 0.3) is 0 Å². The van der Waals surface area contributed by atoms with Crippen LogP contribution in [0.2, 0.25) is 5.02 Å². The van der Waals surface area contributed by atoms with Gasteiger partial charge in [0.15, 0.2) is 0 Å². The van der Waals surface area contributed by atoms with Gasteiger partial charge in [-0.25, -0.2) is 4.68 Å². The lowest BCUT2D eigenvalue weighted by molar-refractivity contribution is 0.0743. The summed E-state index contributed by atoms with van der Waals surface area (Å²) in [6, 6.07) is 8.12. The summed E-state index contributed by atoms with van der Waals surface area (Å²) in [6.07, 6.45) is 4.81. The standard InChI is InChI=1S/C17H23ClN4O/c1-20-6-7-21(13-17(20)5-8-23)11-14-10-19-22(12-14)16-4-2-3-15(18)9-16/h2-4,9-10,12,17,23H,5-8,11,13H2,1H3. The van der Waals surface area contributed by atoms with Crippen LogP contribution >= 0.6 is 11.6 Å². The molecule has 0 saturated carbocycles. The van der Waals surface area contributed by atoms with Gasteiger partial charge in [0.05, 0.1) is 11.9 Å². The molecule has 0 amide bonds. The summed E-state index contributed by atoms with van der Waals surface area (Å²) in [4.78, 5) is 4.77. The first-order valence-corrected chi connectivity index (χ1v) is 8.36. The van der Waals surface area contributed by atoms with E-state index in [9.17, 15) is 5.11 Å². The van der Waals surface area contributed by atoms with Crippen molar-refractivity contribution in [2.24, 2.45) is 0 Å². The second kappa shape index (κ2) is 7.45. The van der Waals surface area contributed by atoms with Crippen LogP contribution < -0.4 is 0 Å². The number of benzene rings is 1. The molecule has 2 heterocycles. The minimum atomic E-state index is 0.246. The predicted octanol–water partition coefficient (Wildman–Crippen LogP) is 2.02. The number of aliphatic hydroxyl groups excluding tert-OH is 1. The quantitative estimate of drug-likeness (QED) is 0.908. The maximum Gasteiger partial charge on any atom is 0.0660 e. The number of hydrogen-bond acceptors (Lipinski definition) is 4. The van der Waals surface area contributed by atoms with E-state index in [4.69, 9.17) is 11.6 Å². The Morgan fingerprint density at radius 2 is 2.22 bits per heavy atom. The molecule has 1 saturated heterocycles. The second-order valence-electron chi connectivity index (χ2n) is 6.15. The number of rotatable bonds is 5. The Balaban J connectivity index is 1.65. The number of nitrogens with zero attached hydrogens (tertiary/aromatic N) is 4. The van der Waals surface area contributed by atoms with Crippen molar-refractivity contribution in [2.45, 2.75) is 19.0 Å². The van der Waals surface area contributed by atoms with Crippen molar-refractivity contribution in [3.63, 3.8) is 0 Å². The Labute approximate surface area is 142 Å². The molecule has 2 aromatic rings. The van der Waals surface area contributed by atoms with Crippen LogP contribution in [0.1, 0.15) is 12.0 Å². The highest BCUT2D eigenvalue weighted by Gasteiger charge is 2.23. The SMILES string of the molecule is CN1CCN(Cc2cnn(-c3cccc(Cl)c3)c2)CC1CCO. The Bertz CT molecular complexity index is 645. The van der Waals surface area contributed by atoms with Gasteiger partial charge in [0.1, 0.15) is 0 Å². The van der Waals surface area contributed by atoms with Gasteiger partial charge in [0, 0.05) is 55.6 Å². The summed E-state index contributed by atoms with van der Waals surface area (Å²) < 4.78 is 1.86. The lowest BCUT2D eigenvalue weighted by atomic mass is 10.1. The van der Waals surface area contributed by atoms with Crippen LogP contribution in [0.15, 0.2) is 36.7 Å². The topological polar surface area (TPSA) is 44.5 Å². The maximum atomic E-state index is 9.19. The van der Waals surface area contributed by atoms with Gasteiger partial charge in [-0.1, -0.05) is 17.7 Å². The molecule has 1 unspecified atom stereocenters. The highest BCUT2D eigenvalue weighted by molar-refractivity contribution is 6.30. The Kier molecular flexibility index (Phi) is 5.33. The van der Waals surface area contributed by atoms with E-state index < -0.39 is 0 Å². The molecule has 0 bridgehead atoms. The van der Waals surface area contributed by atoms with Crippen LogP contribution in [0.3, 0.4) is 0 Å². The average molecular weight is 335 g/mol. The summed E-state index contributed by atoms with van der Waals surface area (Å²) in [6.45, 7) is 4.19. The van der Waals surface area contributed by atoms with E-state index in [2.05, 4.69) is 28.1 Å². The predicted molar refractivity (Wildman–Crippen MR) is 92.0 cm³/mol. The van der Waals surface area contributed by atoms with Crippen LogP contribution in [0.5, 0.6) is 0 Å². The first-order valence-electron chi connectivity index (χ1n) is 7.98. The normalized spacial score (nSPS) is 20.0. The van der Waals surface area contributed by atoms with Crippen LogP contribution in [0, 0.1) is 0 Å². The molecule has 1 N–H and O–H groups in total. The molecule has 1 aromatic heterocycles. The number of piperazine rings is 1. The minimum Gasteiger partial charge on any atom is -0.396 e. The zero-order valence-corrected chi connectivity index (χ0v) is 14.2. The molecule has 0 spiro atoms. The van der Waals surface area contributed by atoms with E-state index >= 15 is 0 Å². The minimum absolute atomic E-state index is 0.246. The number of aromatic nitrogens is 2. The number of likely N-dealkylation sites (N-methyl/N-ethyl adjacent to an activating group) is 1. The lowest BCUT2D eigenvalue weighted by Gasteiger charge is -2.39. The highest BCUT2D eigenvalue weighted by Crippen LogP contribution is 2.17. The molecular formula is C17H23ClN4O. The molecule has 6 heteroatoms. The summed E-state index contributed by atoms with van der Waals surface area (Å²) >= 11 is 6.04. The molecule has 3 rings (SSSR count). The fraction of sp³-hybridized carbons (Fsp3) is 0.471. The van der Waals surface area contributed by atoms with Gasteiger partial charge < -0.3 is 10.0 Å². The largest absolute Gasteiger partial charge is 0.396 e. The van der Waals surface area contributed by atoms with Gasteiger partial charge >= 0.3 is 0 Å². The molecule has 0 radical (unpaired) electrons. The monoisotopic (exact) mass is 334 g/mol. The maximum absolute atomic E-state index is 9.19. The third-order valence-electron chi connectivity index (χ3n) is 4.44. The Morgan fingerprint density at radius 3 is 3.00 bits per heavy atom. The zero-order chi connectivity index (χ0) is 16.2. The first-order chi connectivity index (χ1) is 11.2. The first kappa shape index (κ1) is 16.5. The lowest BCUT2D eigenvalue weighted by Crippen LogP contribution is -2.51. The summed E-state index contributed by atoms with van der Waals surface area (Å²) in [5.74, 6) is 0. The molecule has 1 aliphatic heterocycles. The van der Waals surface area contributed by atoms with Gasteiger partial charge in [-0.05, 0) is 31.7 Å². The molecule has 0 aliphatic carbocycles. The summed E-state index contributed by atoms with van der Waals surface area (Å²) in [5.41, 5.74) is 2.16. The fourth-order valence-electron chi connectivity index (χ4n) is 3.07. The fourth-order valence-corrected chi connectivity index (χ4v) is 3.26. The molecule has 1 atom stereocenters. The molecule has 1 aliphatic rings. The van der Waals surface area contributed by atoms with Crippen LogP contribution in [-0.4, -0.2) is 64.0 Å². The molecule has 1 aromatic carbocycles. The van der Waals surface area contributed by atoms with Crippen molar-refractivity contribution < 1.29 is 5.11 Å². The summed E-state index contributed by atoms with van der Waals surface area (Å²) in [5, 5.41) is 14.4. The van der Waals surface area contributed by atoms with E-state index in [0.29, 0.717) is 11.1 Å². The Morgan fingerprint density at radius 1 is 1.35 bits per heavy atom. The van der Waals surface area contributed by atoms with Crippen LogP contribution in [0.25, 0.3) is 5.69 Å².